The Morgan fingerprint density at radius 1 is 0.929 bits per heavy atom. The molecular formula is C21H38N4O3. The first kappa shape index (κ1) is 20.5. The molecular weight excluding hydrogens is 356 g/mol. The lowest BCUT2D eigenvalue weighted by atomic mass is 9.83. The summed E-state index contributed by atoms with van der Waals surface area (Å²) >= 11 is 0. The number of likely N-dealkylation sites (tertiary alicyclic amines) is 1. The fourth-order valence-electron chi connectivity index (χ4n) is 5.39. The second-order valence-electron chi connectivity index (χ2n) is 9.34. The van der Waals surface area contributed by atoms with E-state index in [9.17, 15) is 4.79 Å². The summed E-state index contributed by atoms with van der Waals surface area (Å²) < 4.78 is 5.49. The van der Waals surface area contributed by atoms with Gasteiger partial charge in [0.2, 0.25) is 5.91 Å². The Morgan fingerprint density at radius 3 is 2.25 bits per heavy atom. The molecule has 28 heavy (non-hydrogen) atoms. The number of piperidine rings is 1. The van der Waals surface area contributed by atoms with Gasteiger partial charge in [0.25, 0.3) is 0 Å². The molecule has 7 heteroatoms. The van der Waals surface area contributed by atoms with Crippen LogP contribution < -0.4 is 10.8 Å². The molecule has 3 saturated heterocycles. The highest BCUT2D eigenvalue weighted by Gasteiger charge is 2.39. The quantitative estimate of drug-likeness (QED) is 0.754. The van der Waals surface area contributed by atoms with Crippen molar-refractivity contribution in [2.45, 2.75) is 70.8 Å². The molecule has 2 N–H and O–H groups in total. The van der Waals surface area contributed by atoms with Crippen LogP contribution in [0.15, 0.2) is 0 Å². The predicted molar refractivity (Wildman–Crippen MR) is 107 cm³/mol. The van der Waals surface area contributed by atoms with Crippen LogP contribution in [0.3, 0.4) is 0 Å². The van der Waals surface area contributed by atoms with E-state index in [-0.39, 0.29) is 24.2 Å². The Hall–Kier alpha value is -0.730. The van der Waals surface area contributed by atoms with Gasteiger partial charge in [0.05, 0.1) is 19.4 Å². The van der Waals surface area contributed by atoms with Crippen molar-refractivity contribution in [1.82, 2.24) is 20.6 Å². The fourth-order valence-corrected chi connectivity index (χ4v) is 5.39. The highest BCUT2D eigenvalue weighted by atomic mass is 16.7. The van der Waals surface area contributed by atoms with Crippen molar-refractivity contribution in [2.75, 3.05) is 39.4 Å². The van der Waals surface area contributed by atoms with Crippen LogP contribution in [0.2, 0.25) is 0 Å². The van der Waals surface area contributed by atoms with Gasteiger partial charge in [-0.2, -0.15) is 5.48 Å². The van der Waals surface area contributed by atoms with Crippen LogP contribution in [0.25, 0.3) is 0 Å². The lowest BCUT2D eigenvalue weighted by Gasteiger charge is -2.40. The second-order valence-corrected chi connectivity index (χ2v) is 9.34. The topological polar surface area (TPSA) is 66.1 Å². The number of hydrogen-bond donors (Lipinski definition) is 2. The van der Waals surface area contributed by atoms with Crippen LogP contribution in [-0.2, 0) is 14.4 Å². The van der Waals surface area contributed by atoms with Gasteiger partial charge in [-0.15, -0.1) is 0 Å². The van der Waals surface area contributed by atoms with E-state index >= 15 is 0 Å². The summed E-state index contributed by atoms with van der Waals surface area (Å²) in [7, 11) is 0. The van der Waals surface area contributed by atoms with Crippen LogP contribution in [0.1, 0.15) is 52.4 Å². The van der Waals surface area contributed by atoms with E-state index in [0.29, 0.717) is 11.8 Å². The van der Waals surface area contributed by atoms with Crippen LogP contribution in [0.4, 0.5) is 0 Å². The Kier molecular flexibility index (Phi) is 6.89. The molecule has 1 saturated carbocycles. The van der Waals surface area contributed by atoms with Gasteiger partial charge in [0.1, 0.15) is 6.23 Å². The van der Waals surface area contributed by atoms with Crippen molar-refractivity contribution in [3.63, 3.8) is 0 Å². The molecule has 4 fully saturated rings. The third kappa shape index (κ3) is 4.70. The van der Waals surface area contributed by atoms with E-state index in [1.807, 2.05) is 18.7 Å². The number of carbonyl (C=O) groups excluding carboxylic acids is 1. The lowest BCUT2D eigenvalue weighted by Crippen LogP contribution is -2.49. The van der Waals surface area contributed by atoms with Gasteiger partial charge < -0.3 is 9.64 Å². The van der Waals surface area contributed by atoms with Crippen molar-refractivity contribution in [3.05, 3.63) is 0 Å². The van der Waals surface area contributed by atoms with Gasteiger partial charge in [0.15, 0.2) is 0 Å². The number of nitrogens with zero attached hydrogens (tertiary/aromatic N) is 2. The molecule has 4 rings (SSSR count). The Balaban J connectivity index is 1.19. The van der Waals surface area contributed by atoms with Crippen molar-refractivity contribution < 1.29 is 14.4 Å². The van der Waals surface area contributed by atoms with Gasteiger partial charge in [-0.25, -0.2) is 0 Å². The summed E-state index contributed by atoms with van der Waals surface area (Å²) in [4.78, 5) is 22.8. The maximum atomic E-state index is 12.2. The third-order valence-electron chi connectivity index (χ3n) is 7.21. The Bertz CT molecular complexity index is 510. The molecule has 3 heterocycles. The zero-order chi connectivity index (χ0) is 19.5. The minimum Gasteiger partial charge on any atom is -0.379 e. The van der Waals surface area contributed by atoms with Crippen molar-refractivity contribution >= 4 is 5.91 Å². The molecule has 0 aromatic carbocycles. The summed E-state index contributed by atoms with van der Waals surface area (Å²) in [5, 5.41) is 3.72. The molecule has 160 valence electrons. The standard InChI is InChI=1S/C21H38N4O3/c1-15(2)21(26)25-9-7-17(8-10-25)20-22-19(23-28-20)16-3-5-18(6-4-16)24-11-13-27-14-12-24/h15-20,22-23H,3-14H2,1-2H3. The molecule has 0 bridgehead atoms. The molecule has 3 aliphatic heterocycles. The van der Waals surface area contributed by atoms with Crippen molar-refractivity contribution in [2.24, 2.45) is 17.8 Å². The molecule has 0 aromatic rings. The number of hydrogen-bond acceptors (Lipinski definition) is 6. The maximum absolute atomic E-state index is 12.2. The highest BCUT2D eigenvalue weighted by Crippen LogP contribution is 2.32. The minimum atomic E-state index is 0.0817. The number of amides is 1. The van der Waals surface area contributed by atoms with E-state index in [4.69, 9.17) is 9.57 Å². The SMILES string of the molecule is CC(C)C(=O)N1CCC(C2NC(C3CCC(N4CCOCC4)CC3)NO2)CC1. The van der Waals surface area contributed by atoms with Gasteiger partial charge in [0, 0.05) is 44.1 Å². The highest BCUT2D eigenvalue weighted by molar-refractivity contribution is 5.78. The van der Waals surface area contributed by atoms with E-state index < -0.39 is 0 Å². The van der Waals surface area contributed by atoms with Crippen LogP contribution in [-0.4, -0.2) is 73.5 Å². The van der Waals surface area contributed by atoms with E-state index in [0.717, 1.165) is 58.3 Å². The van der Waals surface area contributed by atoms with Gasteiger partial charge in [-0.3, -0.25) is 19.8 Å². The number of rotatable bonds is 4. The van der Waals surface area contributed by atoms with Gasteiger partial charge in [-0.1, -0.05) is 13.8 Å². The number of ether oxygens (including phenoxy) is 1. The summed E-state index contributed by atoms with van der Waals surface area (Å²) in [6.07, 6.45) is 7.47. The number of nitrogens with one attached hydrogen (secondary N) is 2. The first-order valence-electron chi connectivity index (χ1n) is 11.4. The minimum absolute atomic E-state index is 0.0817. The first-order valence-corrected chi connectivity index (χ1v) is 11.4. The molecule has 0 radical (unpaired) electrons. The van der Waals surface area contributed by atoms with Crippen molar-refractivity contribution in [1.29, 1.82) is 0 Å². The van der Waals surface area contributed by atoms with E-state index in [1.54, 1.807) is 0 Å². The molecule has 4 aliphatic rings. The summed E-state index contributed by atoms with van der Waals surface area (Å²) in [6.45, 7) is 9.66. The Morgan fingerprint density at radius 2 is 1.61 bits per heavy atom. The summed E-state index contributed by atoms with van der Waals surface area (Å²) in [5.74, 6) is 1.51. The zero-order valence-electron chi connectivity index (χ0n) is 17.6. The fraction of sp³-hybridized carbons (Fsp3) is 0.952. The van der Waals surface area contributed by atoms with Crippen LogP contribution in [0.5, 0.6) is 0 Å². The Labute approximate surface area is 169 Å². The zero-order valence-corrected chi connectivity index (χ0v) is 17.6. The van der Waals surface area contributed by atoms with Gasteiger partial charge >= 0.3 is 0 Å². The summed E-state index contributed by atoms with van der Waals surface area (Å²) in [5.41, 5.74) is 3.30. The predicted octanol–water partition coefficient (Wildman–Crippen LogP) is 1.55. The number of morpholine rings is 1. The van der Waals surface area contributed by atoms with E-state index in [2.05, 4.69) is 15.7 Å². The lowest BCUT2D eigenvalue weighted by molar-refractivity contribution is -0.136. The first-order chi connectivity index (χ1) is 13.6. The normalized spacial score (nSPS) is 36.2. The average Bonchev–Trinajstić information content (AvgIpc) is 3.24. The largest absolute Gasteiger partial charge is 0.379 e. The monoisotopic (exact) mass is 394 g/mol. The molecule has 1 aliphatic carbocycles. The number of carbonyl (C=O) groups is 1. The van der Waals surface area contributed by atoms with Crippen LogP contribution >= 0.6 is 0 Å². The maximum Gasteiger partial charge on any atom is 0.225 e. The van der Waals surface area contributed by atoms with Crippen molar-refractivity contribution in [3.8, 4) is 0 Å². The van der Waals surface area contributed by atoms with Gasteiger partial charge in [-0.05, 0) is 44.4 Å². The smallest absolute Gasteiger partial charge is 0.225 e. The molecule has 7 nitrogen and oxygen atoms in total. The third-order valence-corrected chi connectivity index (χ3v) is 7.21. The van der Waals surface area contributed by atoms with E-state index in [1.165, 1.54) is 25.7 Å². The second kappa shape index (κ2) is 9.39. The average molecular weight is 395 g/mol. The molecule has 1 amide bonds. The summed E-state index contributed by atoms with van der Waals surface area (Å²) in [6, 6.07) is 0.737. The molecule has 2 atom stereocenters. The molecule has 0 aromatic heterocycles. The van der Waals surface area contributed by atoms with Crippen LogP contribution in [0, 0.1) is 17.8 Å². The number of hydroxylamine groups is 1. The molecule has 0 spiro atoms. The molecule has 2 unspecified atom stereocenters.